The second-order valence-electron chi connectivity index (χ2n) is 4.75. The lowest BCUT2D eigenvalue weighted by Gasteiger charge is -2.31. The molecule has 0 saturated carbocycles. The Morgan fingerprint density at radius 3 is 3.00 bits per heavy atom. The van der Waals surface area contributed by atoms with Crippen molar-refractivity contribution in [1.29, 1.82) is 0 Å². The SMILES string of the molecule is CCNCC1CCCN(S(=O)(=O)Nc2nccnn2)C1. The Bertz CT molecular complexity index is 509. The molecule has 0 spiro atoms. The predicted octanol–water partition coefficient (Wildman–Crippen LogP) is -0.150. The van der Waals surface area contributed by atoms with Crippen molar-refractivity contribution in [2.75, 3.05) is 30.9 Å². The van der Waals surface area contributed by atoms with E-state index in [0.29, 0.717) is 19.0 Å². The minimum atomic E-state index is -3.60. The maximum absolute atomic E-state index is 12.3. The van der Waals surface area contributed by atoms with Crippen LogP contribution in [0.4, 0.5) is 5.95 Å². The van der Waals surface area contributed by atoms with Crippen LogP contribution in [-0.2, 0) is 10.2 Å². The molecule has 1 atom stereocenters. The van der Waals surface area contributed by atoms with E-state index in [9.17, 15) is 8.42 Å². The van der Waals surface area contributed by atoms with E-state index in [0.717, 1.165) is 25.9 Å². The molecule has 0 bridgehead atoms. The first kappa shape index (κ1) is 15.1. The molecular formula is C11H20N6O2S. The zero-order valence-corrected chi connectivity index (χ0v) is 12.3. The molecule has 1 saturated heterocycles. The van der Waals surface area contributed by atoms with Crippen LogP contribution in [-0.4, -0.2) is 54.1 Å². The van der Waals surface area contributed by atoms with Gasteiger partial charge < -0.3 is 5.32 Å². The smallest absolute Gasteiger partial charge is 0.304 e. The van der Waals surface area contributed by atoms with E-state index in [1.165, 1.54) is 16.7 Å². The van der Waals surface area contributed by atoms with Gasteiger partial charge in [-0.3, -0.25) is 0 Å². The van der Waals surface area contributed by atoms with Crippen molar-refractivity contribution in [3.8, 4) is 0 Å². The molecule has 1 aliphatic heterocycles. The zero-order chi connectivity index (χ0) is 14.4. The highest BCUT2D eigenvalue weighted by Crippen LogP contribution is 2.19. The molecule has 0 radical (unpaired) electrons. The summed E-state index contributed by atoms with van der Waals surface area (Å²) in [5.74, 6) is 0.344. The van der Waals surface area contributed by atoms with E-state index < -0.39 is 10.2 Å². The van der Waals surface area contributed by atoms with Crippen LogP contribution in [0.25, 0.3) is 0 Å². The van der Waals surface area contributed by atoms with Crippen LogP contribution in [0.3, 0.4) is 0 Å². The lowest BCUT2D eigenvalue weighted by Crippen LogP contribution is -2.45. The fourth-order valence-electron chi connectivity index (χ4n) is 2.23. The summed E-state index contributed by atoms with van der Waals surface area (Å²) >= 11 is 0. The lowest BCUT2D eigenvalue weighted by atomic mass is 10.00. The molecule has 0 amide bonds. The Hall–Kier alpha value is -1.32. The highest BCUT2D eigenvalue weighted by atomic mass is 32.2. The quantitative estimate of drug-likeness (QED) is 0.758. The molecule has 2 N–H and O–H groups in total. The van der Waals surface area contributed by atoms with Gasteiger partial charge in [0, 0.05) is 13.1 Å². The summed E-state index contributed by atoms with van der Waals surface area (Å²) in [5.41, 5.74) is 0. The van der Waals surface area contributed by atoms with Gasteiger partial charge in [-0.15, -0.1) is 5.10 Å². The van der Waals surface area contributed by atoms with Gasteiger partial charge in [-0.25, -0.2) is 9.71 Å². The van der Waals surface area contributed by atoms with Gasteiger partial charge in [0.25, 0.3) is 5.95 Å². The van der Waals surface area contributed by atoms with Gasteiger partial charge in [0.1, 0.15) is 0 Å². The van der Waals surface area contributed by atoms with Gasteiger partial charge in [-0.05, 0) is 31.8 Å². The first-order valence-electron chi connectivity index (χ1n) is 6.74. The van der Waals surface area contributed by atoms with Gasteiger partial charge in [0.15, 0.2) is 0 Å². The van der Waals surface area contributed by atoms with Crippen LogP contribution in [0.2, 0.25) is 0 Å². The van der Waals surface area contributed by atoms with Crippen molar-refractivity contribution in [2.24, 2.45) is 5.92 Å². The molecule has 0 aromatic carbocycles. The zero-order valence-electron chi connectivity index (χ0n) is 11.5. The Labute approximate surface area is 119 Å². The van der Waals surface area contributed by atoms with Crippen LogP contribution in [0.1, 0.15) is 19.8 Å². The number of aromatic nitrogens is 3. The van der Waals surface area contributed by atoms with Gasteiger partial charge >= 0.3 is 10.2 Å². The van der Waals surface area contributed by atoms with Crippen LogP contribution >= 0.6 is 0 Å². The Morgan fingerprint density at radius 2 is 2.30 bits per heavy atom. The molecule has 0 aliphatic carbocycles. The van der Waals surface area contributed by atoms with Crippen molar-refractivity contribution in [1.82, 2.24) is 24.8 Å². The van der Waals surface area contributed by atoms with Crippen molar-refractivity contribution >= 4 is 16.2 Å². The van der Waals surface area contributed by atoms with Crippen molar-refractivity contribution in [3.05, 3.63) is 12.4 Å². The summed E-state index contributed by atoms with van der Waals surface area (Å²) < 4.78 is 28.3. The molecular weight excluding hydrogens is 280 g/mol. The third kappa shape index (κ3) is 4.09. The Balaban J connectivity index is 1.98. The highest BCUT2D eigenvalue weighted by molar-refractivity contribution is 7.90. The molecule has 1 aromatic rings. The summed E-state index contributed by atoms with van der Waals surface area (Å²) in [5, 5.41) is 10.5. The monoisotopic (exact) mass is 300 g/mol. The van der Waals surface area contributed by atoms with Crippen LogP contribution in [0.15, 0.2) is 12.4 Å². The fraction of sp³-hybridized carbons (Fsp3) is 0.727. The minimum Gasteiger partial charge on any atom is -0.317 e. The number of piperidine rings is 1. The molecule has 1 fully saturated rings. The number of hydrogen-bond donors (Lipinski definition) is 2. The Kier molecular flexibility index (Phi) is 5.21. The number of nitrogens with one attached hydrogen (secondary N) is 2. The molecule has 1 unspecified atom stereocenters. The van der Waals surface area contributed by atoms with E-state index in [2.05, 4.69) is 25.2 Å². The summed E-state index contributed by atoms with van der Waals surface area (Å²) in [6.07, 6.45) is 4.70. The minimum absolute atomic E-state index is 0.00121. The largest absolute Gasteiger partial charge is 0.317 e. The van der Waals surface area contributed by atoms with E-state index in [-0.39, 0.29) is 5.95 Å². The maximum Gasteiger partial charge on any atom is 0.304 e. The average Bonchev–Trinajstić information content (AvgIpc) is 2.46. The summed E-state index contributed by atoms with van der Waals surface area (Å²) in [7, 11) is -3.60. The Morgan fingerprint density at radius 1 is 1.45 bits per heavy atom. The van der Waals surface area contributed by atoms with Gasteiger partial charge in [0.05, 0.1) is 12.4 Å². The first-order chi connectivity index (χ1) is 9.62. The van der Waals surface area contributed by atoms with E-state index >= 15 is 0 Å². The van der Waals surface area contributed by atoms with Crippen molar-refractivity contribution < 1.29 is 8.42 Å². The number of nitrogens with zero attached hydrogens (tertiary/aromatic N) is 4. The van der Waals surface area contributed by atoms with Gasteiger partial charge in [-0.2, -0.15) is 17.8 Å². The molecule has 20 heavy (non-hydrogen) atoms. The molecule has 112 valence electrons. The second kappa shape index (κ2) is 6.91. The topological polar surface area (TPSA) is 100 Å². The van der Waals surface area contributed by atoms with Crippen molar-refractivity contribution in [2.45, 2.75) is 19.8 Å². The summed E-state index contributed by atoms with van der Waals surface area (Å²) in [6, 6.07) is 0. The van der Waals surface area contributed by atoms with E-state index in [4.69, 9.17) is 0 Å². The van der Waals surface area contributed by atoms with Gasteiger partial charge in [0.2, 0.25) is 0 Å². The van der Waals surface area contributed by atoms with Gasteiger partial charge in [-0.1, -0.05) is 6.92 Å². The number of rotatable bonds is 6. The maximum atomic E-state index is 12.3. The molecule has 1 aliphatic rings. The fourth-order valence-corrected chi connectivity index (χ4v) is 3.46. The normalized spacial score (nSPS) is 20.8. The summed E-state index contributed by atoms with van der Waals surface area (Å²) in [6.45, 7) is 4.82. The first-order valence-corrected chi connectivity index (χ1v) is 8.18. The molecule has 9 heteroatoms. The van der Waals surface area contributed by atoms with Crippen LogP contribution in [0.5, 0.6) is 0 Å². The number of anilines is 1. The lowest BCUT2D eigenvalue weighted by molar-refractivity contribution is 0.262. The van der Waals surface area contributed by atoms with Crippen molar-refractivity contribution in [3.63, 3.8) is 0 Å². The molecule has 2 rings (SSSR count). The second-order valence-corrected chi connectivity index (χ2v) is 6.42. The number of hydrogen-bond acceptors (Lipinski definition) is 6. The molecule has 2 heterocycles. The third-order valence-electron chi connectivity index (χ3n) is 3.21. The third-order valence-corrected chi connectivity index (χ3v) is 4.66. The van der Waals surface area contributed by atoms with E-state index in [1.807, 2.05) is 6.92 Å². The highest BCUT2D eigenvalue weighted by Gasteiger charge is 2.29. The summed E-state index contributed by atoms with van der Waals surface area (Å²) in [4.78, 5) is 3.82. The van der Waals surface area contributed by atoms with E-state index in [1.54, 1.807) is 0 Å². The predicted molar refractivity (Wildman–Crippen MR) is 75.2 cm³/mol. The average molecular weight is 300 g/mol. The molecule has 8 nitrogen and oxygen atoms in total. The molecule has 1 aromatic heterocycles. The van der Waals surface area contributed by atoms with Crippen LogP contribution in [0, 0.1) is 5.92 Å². The standard InChI is InChI=1S/C11H20N6O2S/c1-2-12-8-10-4-3-7-17(9-10)20(18,19)16-11-13-5-6-14-15-11/h5-6,10,12H,2-4,7-9H2,1H3,(H,13,15,16). The van der Waals surface area contributed by atoms with Crippen LogP contribution < -0.4 is 10.0 Å².